The summed E-state index contributed by atoms with van der Waals surface area (Å²) in [6.45, 7) is 1.94. The number of urea groups is 1. The Morgan fingerprint density at radius 2 is 2.04 bits per heavy atom. The second kappa shape index (κ2) is 8.22. The Labute approximate surface area is 158 Å². The summed E-state index contributed by atoms with van der Waals surface area (Å²) in [5, 5.41) is 13.5. The standard InChI is InChI=1S/C19H26N6O2/c1-24(2)18(27)23-16-6-3-5-15(13-16)14-21-17(26)19(7-10-20-11-8-19)25-12-4-9-22-25/h3-6,9,12-13,20H,7-8,10-11,14H2,1-2H3,(H,21,26)(H,23,27). The van der Waals surface area contributed by atoms with Crippen LogP contribution in [0.4, 0.5) is 10.5 Å². The van der Waals surface area contributed by atoms with Crippen LogP contribution in [0.3, 0.4) is 0 Å². The van der Waals surface area contributed by atoms with Crippen LogP contribution >= 0.6 is 0 Å². The summed E-state index contributed by atoms with van der Waals surface area (Å²) in [5.41, 5.74) is 0.958. The Morgan fingerprint density at radius 1 is 1.26 bits per heavy atom. The van der Waals surface area contributed by atoms with Crippen LogP contribution in [0.25, 0.3) is 0 Å². The van der Waals surface area contributed by atoms with E-state index in [9.17, 15) is 9.59 Å². The van der Waals surface area contributed by atoms with Crippen molar-refractivity contribution in [1.29, 1.82) is 0 Å². The number of anilines is 1. The van der Waals surface area contributed by atoms with Gasteiger partial charge < -0.3 is 20.9 Å². The topological polar surface area (TPSA) is 91.3 Å². The van der Waals surface area contributed by atoms with E-state index in [1.807, 2.05) is 36.5 Å². The number of amides is 3. The van der Waals surface area contributed by atoms with Crippen molar-refractivity contribution in [3.05, 3.63) is 48.3 Å². The highest BCUT2D eigenvalue weighted by Gasteiger charge is 2.41. The van der Waals surface area contributed by atoms with E-state index in [1.54, 1.807) is 25.0 Å². The summed E-state index contributed by atoms with van der Waals surface area (Å²) >= 11 is 0. The van der Waals surface area contributed by atoms with Gasteiger partial charge in [0.15, 0.2) is 0 Å². The molecule has 144 valence electrons. The van der Waals surface area contributed by atoms with E-state index in [2.05, 4.69) is 21.0 Å². The molecule has 1 fully saturated rings. The molecule has 8 nitrogen and oxygen atoms in total. The summed E-state index contributed by atoms with van der Waals surface area (Å²) in [7, 11) is 3.38. The van der Waals surface area contributed by atoms with E-state index in [-0.39, 0.29) is 11.9 Å². The van der Waals surface area contributed by atoms with Crippen molar-refractivity contribution >= 4 is 17.6 Å². The molecule has 1 aliphatic heterocycles. The first-order chi connectivity index (χ1) is 13.0. The Bertz CT molecular complexity index is 781. The van der Waals surface area contributed by atoms with Gasteiger partial charge in [-0.25, -0.2) is 4.79 Å². The van der Waals surface area contributed by atoms with Crippen LogP contribution in [0.15, 0.2) is 42.7 Å². The quantitative estimate of drug-likeness (QED) is 0.741. The lowest BCUT2D eigenvalue weighted by atomic mass is 9.87. The Balaban J connectivity index is 1.68. The molecule has 0 spiro atoms. The molecule has 1 aromatic heterocycles. The number of carbonyl (C=O) groups is 2. The average Bonchev–Trinajstić information content (AvgIpc) is 3.22. The third-order valence-corrected chi connectivity index (χ3v) is 4.83. The third-order valence-electron chi connectivity index (χ3n) is 4.83. The molecule has 3 N–H and O–H groups in total. The minimum atomic E-state index is -0.661. The zero-order valence-corrected chi connectivity index (χ0v) is 15.7. The first-order valence-electron chi connectivity index (χ1n) is 9.08. The normalized spacial score (nSPS) is 15.8. The highest BCUT2D eigenvalue weighted by molar-refractivity contribution is 5.89. The van der Waals surface area contributed by atoms with Crippen LogP contribution in [0.2, 0.25) is 0 Å². The van der Waals surface area contributed by atoms with E-state index in [4.69, 9.17) is 0 Å². The average molecular weight is 370 g/mol. The van der Waals surface area contributed by atoms with E-state index in [0.29, 0.717) is 25.1 Å². The molecular weight excluding hydrogens is 344 g/mol. The van der Waals surface area contributed by atoms with Gasteiger partial charge in [-0.2, -0.15) is 5.10 Å². The maximum absolute atomic E-state index is 13.1. The summed E-state index contributed by atoms with van der Waals surface area (Å²) in [5.74, 6) is -0.0320. The smallest absolute Gasteiger partial charge is 0.321 e. The molecule has 2 heterocycles. The van der Waals surface area contributed by atoms with Crippen LogP contribution in [-0.4, -0.2) is 53.8 Å². The van der Waals surface area contributed by atoms with Gasteiger partial charge in [-0.3, -0.25) is 9.48 Å². The molecule has 2 aromatic rings. The zero-order valence-electron chi connectivity index (χ0n) is 15.7. The molecular formula is C19H26N6O2. The van der Waals surface area contributed by atoms with Crippen LogP contribution in [-0.2, 0) is 16.9 Å². The molecule has 3 rings (SSSR count). The lowest BCUT2D eigenvalue weighted by Crippen LogP contribution is -2.54. The van der Waals surface area contributed by atoms with E-state index < -0.39 is 5.54 Å². The van der Waals surface area contributed by atoms with Crippen LogP contribution < -0.4 is 16.0 Å². The van der Waals surface area contributed by atoms with Crippen LogP contribution in [0.5, 0.6) is 0 Å². The molecule has 0 bridgehead atoms. The number of nitrogens with zero attached hydrogens (tertiary/aromatic N) is 3. The largest absolute Gasteiger partial charge is 0.350 e. The van der Waals surface area contributed by atoms with Gasteiger partial charge in [0.2, 0.25) is 5.91 Å². The molecule has 1 aromatic carbocycles. The van der Waals surface area contributed by atoms with Crippen molar-refractivity contribution in [3.63, 3.8) is 0 Å². The van der Waals surface area contributed by atoms with Crippen molar-refractivity contribution < 1.29 is 9.59 Å². The van der Waals surface area contributed by atoms with Crippen molar-refractivity contribution in [2.45, 2.75) is 24.9 Å². The van der Waals surface area contributed by atoms with Gasteiger partial charge in [0.05, 0.1) is 0 Å². The number of carbonyl (C=O) groups excluding carboxylic acids is 2. The summed E-state index contributed by atoms with van der Waals surface area (Å²) in [6.07, 6.45) is 4.94. The highest BCUT2D eigenvalue weighted by atomic mass is 16.2. The molecule has 0 aliphatic carbocycles. The molecule has 1 saturated heterocycles. The number of hydrogen-bond acceptors (Lipinski definition) is 4. The van der Waals surface area contributed by atoms with Crippen molar-refractivity contribution in [3.8, 4) is 0 Å². The lowest BCUT2D eigenvalue weighted by molar-refractivity contribution is -0.132. The Hall–Kier alpha value is -2.87. The maximum atomic E-state index is 13.1. The van der Waals surface area contributed by atoms with E-state index in [0.717, 1.165) is 18.7 Å². The maximum Gasteiger partial charge on any atom is 0.321 e. The SMILES string of the molecule is CN(C)C(=O)Nc1cccc(CNC(=O)C2(n3cccn3)CCNCC2)c1. The lowest BCUT2D eigenvalue weighted by Gasteiger charge is -2.36. The summed E-state index contributed by atoms with van der Waals surface area (Å²) < 4.78 is 1.77. The minimum Gasteiger partial charge on any atom is -0.350 e. The molecule has 0 radical (unpaired) electrons. The Kier molecular flexibility index (Phi) is 5.75. The number of nitrogens with one attached hydrogen (secondary N) is 3. The minimum absolute atomic E-state index is 0.0320. The van der Waals surface area contributed by atoms with Gasteiger partial charge in [-0.1, -0.05) is 12.1 Å². The van der Waals surface area contributed by atoms with Crippen LogP contribution in [0.1, 0.15) is 18.4 Å². The molecule has 0 atom stereocenters. The number of rotatable bonds is 5. The first kappa shape index (κ1) is 18.9. The molecule has 3 amide bonds. The molecule has 0 unspecified atom stereocenters. The molecule has 27 heavy (non-hydrogen) atoms. The predicted molar refractivity (Wildman–Crippen MR) is 103 cm³/mol. The van der Waals surface area contributed by atoms with Gasteiger partial charge in [0.1, 0.15) is 5.54 Å². The molecule has 8 heteroatoms. The summed E-state index contributed by atoms with van der Waals surface area (Å²) in [6, 6.07) is 9.13. The van der Waals surface area contributed by atoms with Crippen molar-refractivity contribution in [1.82, 2.24) is 25.3 Å². The van der Waals surface area contributed by atoms with Gasteiger partial charge in [-0.15, -0.1) is 0 Å². The first-order valence-corrected chi connectivity index (χ1v) is 9.08. The van der Waals surface area contributed by atoms with Gasteiger partial charge in [-0.05, 0) is 49.7 Å². The van der Waals surface area contributed by atoms with Gasteiger partial charge in [0.25, 0.3) is 0 Å². The van der Waals surface area contributed by atoms with Crippen molar-refractivity contribution in [2.75, 3.05) is 32.5 Å². The van der Waals surface area contributed by atoms with Gasteiger partial charge >= 0.3 is 6.03 Å². The second-order valence-electron chi connectivity index (χ2n) is 6.94. The van der Waals surface area contributed by atoms with E-state index in [1.165, 1.54) is 4.90 Å². The fourth-order valence-electron chi connectivity index (χ4n) is 3.26. The number of benzene rings is 1. The second-order valence-corrected chi connectivity index (χ2v) is 6.94. The monoisotopic (exact) mass is 370 g/mol. The van der Waals surface area contributed by atoms with Crippen molar-refractivity contribution in [2.24, 2.45) is 0 Å². The number of hydrogen-bond donors (Lipinski definition) is 3. The third kappa shape index (κ3) is 4.28. The molecule has 1 aliphatic rings. The number of aromatic nitrogens is 2. The summed E-state index contributed by atoms with van der Waals surface area (Å²) in [4.78, 5) is 26.3. The van der Waals surface area contributed by atoms with Gasteiger partial charge in [0, 0.05) is 38.7 Å². The fraction of sp³-hybridized carbons (Fsp3) is 0.421. The fourth-order valence-corrected chi connectivity index (χ4v) is 3.26. The zero-order chi connectivity index (χ0) is 19.3. The van der Waals surface area contributed by atoms with E-state index >= 15 is 0 Å². The molecule has 0 saturated carbocycles. The Morgan fingerprint density at radius 3 is 2.70 bits per heavy atom. The highest BCUT2D eigenvalue weighted by Crippen LogP contribution is 2.27. The number of piperidine rings is 1. The predicted octanol–water partition coefficient (Wildman–Crippen LogP) is 1.37. The van der Waals surface area contributed by atoms with Crippen LogP contribution in [0, 0.1) is 0 Å².